The van der Waals surface area contributed by atoms with E-state index >= 15 is 0 Å². The summed E-state index contributed by atoms with van der Waals surface area (Å²) in [5.74, 6) is -0.0431. The number of carbonyl (C=O) groups excluding carboxylic acids is 3. The van der Waals surface area contributed by atoms with Crippen LogP contribution in [0.3, 0.4) is 0 Å². The van der Waals surface area contributed by atoms with E-state index in [1.807, 2.05) is 45.9 Å². The SMILES string of the molecule is CCCCCCCCCCCCCCCCCCOC(=O)C(C)(C)CSCC(=O)OCCOC(=O)C(C)(C)CC(CC)c1ccccc1. The van der Waals surface area contributed by atoms with Crippen molar-refractivity contribution in [1.29, 1.82) is 0 Å². The average Bonchev–Trinajstić information content (AvgIpc) is 3.07. The molecule has 0 aliphatic heterocycles. The second kappa shape index (κ2) is 26.8. The average molecular weight is 691 g/mol. The summed E-state index contributed by atoms with van der Waals surface area (Å²) in [6, 6.07) is 10.2. The Labute approximate surface area is 298 Å². The predicted octanol–water partition coefficient (Wildman–Crippen LogP) is 11.2. The van der Waals surface area contributed by atoms with Gasteiger partial charge in [-0.05, 0) is 58.4 Å². The number of carbonyl (C=O) groups is 3. The molecule has 0 N–H and O–H groups in total. The van der Waals surface area contributed by atoms with Crippen LogP contribution in [0, 0.1) is 10.8 Å². The van der Waals surface area contributed by atoms with Crippen molar-refractivity contribution in [3.05, 3.63) is 35.9 Å². The quantitative estimate of drug-likeness (QED) is 0.0451. The fourth-order valence-electron chi connectivity index (χ4n) is 5.91. The summed E-state index contributed by atoms with van der Waals surface area (Å²) in [5.41, 5.74) is -0.112. The van der Waals surface area contributed by atoms with Gasteiger partial charge in [-0.25, -0.2) is 0 Å². The molecule has 0 saturated carbocycles. The Morgan fingerprint density at radius 2 is 1.06 bits per heavy atom. The van der Waals surface area contributed by atoms with Crippen molar-refractivity contribution >= 4 is 29.7 Å². The van der Waals surface area contributed by atoms with Gasteiger partial charge in [-0.2, -0.15) is 0 Å². The van der Waals surface area contributed by atoms with Crippen molar-refractivity contribution < 1.29 is 28.6 Å². The number of hydrogen-bond acceptors (Lipinski definition) is 7. The number of ether oxygens (including phenoxy) is 3. The highest BCUT2D eigenvalue weighted by Crippen LogP contribution is 2.34. The molecule has 0 heterocycles. The van der Waals surface area contributed by atoms with Crippen molar-refractivity contribution in [3.63, 3.8) is 0 Å². The van der Waals surface area contributed by atoms with Crippen LogP contribution >= 0.6 is 11.8 Å². The topological polar surface area (TPSA) is 78.9 Å². The highest BCUT2D eigenvalue weighted by atomic mass is 32.2. The molecule has 1 rings (SSSR count). The van der Waals surface area contributed by atoms with Gasteiger partial charge in [0.1, 0.15) is 13.2 Å². The lowest BCUT2D eigenvalue weighted by Gasteiger charge is -2.27. The molecule has 0 bridgehead atoms. The Bertz CT molecular complexity index is 976. The second-order valence-corrected chi connectivity index (χ2v) is 15.8. The maximum atomic E-state index is 12.8. The van der Waals surface area contributed by atoms with Crippen LogP contribution in [0.1, 0.15) is 169 Å². The van der Waals surface area contributed by atoms with E-state index in [1.54, 1.807) is 0 Å². The molecular weight excluding hydrogens is 621 g/mol. The van der Waals surface area contributed by atoms with Gasteiger partial charge in [0.25, 0.3) is 0 Å². The molecule has 1 atom stereocenters. The lowest BCUT2D eigenvalue weighted by atomic mass is 9.79. The molecule has 0 saturated heterocycles. The van der Waals surface area contributed by atoms with Crippen LogP contribution in [0.5, 0.6) is 0 Å². The molecule has 0 fully saturated rings. The van der Waals surface area contributed by atoms with Crippen molar-refractivity contribution in [2.24, 2.45) is 10.8 Å². The van der Waals surface area contributed by atoms with Gasteiger partial charge in [0.05, 0.1) is 23.2 Å². The number of unbranched alkanes of at least 4 members (excludes halogenated alkanes) is 15. The third-order valence-corrected chi connectivity index (χ3v) is 10.5. The first-order valence-corrected chi connectivity index (χ1v) is 20.3. The molecular formula is C41H70O6S. The summed E-state index contributed by atoms with van der Waals surface area (Å²) in [6.45, 7) is 12.4. The van der Waals surface area contributed by atoms with E-state index in [0.29, 0.717) is 18.8 Å². The summed E-state index contributed by atoms with van der Waals surface area (Å²) in [4.78, 5) is 37.6. The third-order valence-electron chi connectivity index (χ3n) is 9.12. The van der Waals surface area contributed by atoms with Crippen molar-refractivity contribution in [2.75, 3.05) is 31.3 Å². The summed E-state index contributed by atoms with van der Waals surface area (Å²) in [6.07, 6.45) is 22.6. The molecule has 276 valence electrons. The lowest BCUT2D eigenvalue weighted by Crippen LogP contribution is -2.30. The number of thioether (sulfide) groups is 1. The zero-order valence-electron chi connectivity index (χ0n) is 31.6. The Kier molecular flexibility index (Phi) is 24.6. The van der Waals surface area contributed by atoms with Crippen LogP contribution in [-0.4, -0.2) is 49.2 Å². The van der Waals surface area contributed by atoms with E-state index in [-0.39, 0.29) is 42.8 Å². The normalized spacial score (nSPS) is 12.5. The lowest BCUT2D eigenvalue weighted by molar-refractivity contribution is -0.158. The first-order valence-electron chi connectivity index (χ1n) is 19.2. The van der Waals surface area contributed by atoms with Gasteiger partial charge in [-0.1, -0.05) is 140 Å². The van der Waals surface area contributed by atoms with Crippen LogP contribution < -0.4 is 0 Å². The highest BCUT2D eigenvalue weighted by molar-refractivity contribution is 7.99. The standard InChI is InChI=1S/C41H70O6S/c1-7-9-10-11-12-13-14-15-16-17-18-19-20-21-22-26-29-46-39(44)41(5,6)34-48-33-37(42)45-30-31-47-38(43)40(3,4)32-35(8-2)36-27-24-23-25-28-36/h23-25,27-28,35H,7-22,26,29-34H2,1-6H3. The molecule has 48 heavy (non-hydrogen) atoms. The number of benzene rings is 1. The molecule has 1 unspecified atom stereocenters. The van der Waals surface area contributed by atoms with Crippen LogP contribution in [0.25, 0.3) is 0 Å². The van der Waals surface area contributed by atoms with Gasteiger partial charge in [-0.3, -0.25) is 14.4 Å². The van der Waals surface area contributed by atoms with E-state index in [0.717, 1.165) is 19.3 Å². The summed E-state index contributed by atoms with van der Waals surface area (Å²) in [7, 11) is 0. The molecule has 0 aliphatic rings. The van der Waals surface area contributed by atoms with E-state index in [1.165, 1.54) is 107 Å². The third kappa shape index (κ3) is 21.1. The summed E-state index contributed by atoms with van der Waals surface area (Å²) >= 11 is 1.35. The van der Waals surface area contributed by atoms with E-state index in [4.69, 9.17) is 14.2 Å². The molecule has 1 aromatic carbocycles. The number of esters is 3. The molecule has 6 nitrogen and oxygen atoms in total. The van der Waals surface area contributed by atoms with Crippen LogP contribution in [0.4, 0.5) is 0 Å². The van der Waals surface area contributed by atoms with E-state index in [2.05, 4.69) is 26.0 Å². The van der Waals surface area contributed by atoms with E-state index < -0.39 is 10.8 Å². The number of rotatable bonds is 30. The van der Waals surface area contributed by atoms with Crippen molar-refractivity contribution in [2.45, 2.75) is 163 Å². The summed E-state index contributed by atoms with van der Waals surface area (Å²) < 4.78 is 16.3. The first-order chi connectivity index (χ1) is 23.0. The van der Waals surface area contributed by atoms with Gasteiger partial charge in [0, 0.05) is 5.75 Å². The smallest absolute Gasteiger partial charge is 0.316 e. The molecule has 0 aliphatic carbocycles. The van der Waals surface area contributed by atoms with Gasteiger partial charge in [0.2, 0.25) is 0 Å². The van der Waals surface area contributed by atoms with Gasteiger partial charge in [0.15, 0.2) is 0 Å². The van der Waals surface area contributed by atoms with Gasteiger partial charge < -0.3 is 14.2 Å². The molecule has 0 amide bonds. The Hall–Kier alpha value is -2.02. The largest absolute Gasteiger partial charge is 0.465 e. The molecule has 0 spiro atoms. The summed E-state index contributed by atoms with van der Waals surface area (Å²) in [5, 5.41) is 0. The minimum Gasteiger partial charge on any atom is -0.465 e. The van der Waals surface area contributed by atoms with Gasteiger partial charge in [-0.15, -0.1) is 11.8 Å². The zero-order valence-corrected chi connectivity index (χ0v) is 32.4. The Balaban J connectivity index is 2.06. The predicted molar refractivity (Wildman–Crippen MR) is 201 cm³/mol. The Morgan fingerprint density at radius 1 is 0.604 bits per heavy atom. The number of hydrogen-bond donors (Lipinski definition) is 0. The molecule has 0 radical (unpaired) electrons. The first kappa shape index (κ1) is 44.0. The van der Waals surface area contributed by atoms with Crippen LogP contribution in [0.15, 0.2) is 30.3 Å². The maximum Gasteiger partial charge on any atom is 0.316 e. The molecule has 1 aromatic rings. The maximum absolute atomic E-state index is 12.8. The fraction of sp³-hybridized carbons (Fsp3) is 0.780. The molecule has 0 aromatic heterocycles. The fourth-order valence-corrected chi connectivity index (χ4v) is 6.89. The second-order valence-electron chi connectivity index (χ2n) is 14.8. The van der Waals surface area contributed by atoms with Crippen molar-refractivity contribution in [3.8, 4) is 0 Å². The van der Waals surface area contributed by atoms with Crippen LogP contribution in [-0.2, 0) is 28.6 Å². The van der Waals surface area contributed by atoms with Gasteiger partial charge >= 0.3 is 17.9 Å². The Morgan fingerprint density at radius 3 is 1.58 bits per heavy atom. The van der Waals surface area contributed by atoms with Crippen molar-refractivity contribution in [1.82, 2.24) is 0 Å². The minimum absolute atomic E-state index is 0.0157. The minimum atomic E-state index is -0.683. The highest BCUT2D eigenvalue weighted by Gasteiger charge is 2.33. The van der Waals surface area contributed by atoms with E-state index in [9.17, 15) is 14.4 Å². The van der Waals surface area contributed by atoms with Crippen LogP contribution in [0.2, 0.25) is 0 Å². The molecule has 7 heteroatoms. The zero-order chi connectivity index (χ0) is 35.5. The monoisotopic (exact) mass is 690 g/mol.